The molecule has 0 aliphatic carbocycles. The topological polar surface area (TPSA) is 94.0 Å². The van der Waals surface area contributed by atoms with Crippen molar-refractivity contribution in [2.24, 2.45) is 0 Å². The summed E-state index contributed by atoms with van der Waals surface area (Å²) in [6.07, 6.45) is 3.41. The lowest BCUT2D eigenvalue weighted by atomic mass is 10.2. The van der Waals surface area contributed by atoms with Crippen LogP contribution in [0.4, 0.5) is 11.4 Å². The number of rotatable bonds is 5. The fraction of sp³-hybridized carbons (Fsp3) is 0.143. The number of hydrogen-bond donors (Lipinski definition) is 3. The monoisotopic (exact) mass is 288 g/mol. The summed E-state index contributed by atoms with van der Waals surface area (Å²) in [5.41, 5.74) is 13.4. The van der Waals surface area contributed by atoms with Crippen LogP contribution in [0, 0.1) is 0 Å². The van der Waals surface area contributed by atoms with Crippen molar-refractivity contribution in [1.82, 2.24) is 10.3 Å². The van der Waals surface area contributed by atoms with Gasteiger partial charge in [0, 0.05) is 23.8 Å². The number of anilines is 2. The zero-order valence-electron chi connectivity index (χ0n) is 10.9. The molecule has 0 fully saturated rings. The summed E-state index contributed by atoms with van der Waals surface area (Å²) < 4.78 is 0. The molecule has 5 N–H and O–H groups in total. The Kier molecular flexibility index (Phi) is 4.84. The molecule has 1 aromatic carbocycles. The average Bonchev–Trinajstić information content (AvgIpc) is 2.47. The normalized spacial score (nSPS) is 10.2. The molecule has 0 unspecified atom stereocenters. The van der Waals surface area contributed by atoms with Gasteiger partial charge in [0.1, 0.15) is 0 Å². The standard InChI is InChI=1S/C14H16N4OS/c15-12-2-1-10(7-13(12)16)8-18-14(19)9-20-11-3-5-17-6-4-11/h1-7H,8-9,15-16H2,(H,18,19). The molecule has 0 bridgehead atoms. The number of aromatic nitrogens is 1. The molecule has 0 radical (unpaired) electrons. The van der Waals surface area contributed by atoms with Gasteiger partial charge in [-0.15, -0.1) is 11.8 Å². The van der Waals surface area contributed by atoms with Crippen LogP contribution in [-0.4, -0.2) is 16.6 Å². The number of pyridine rings is 1. The fourth-order valence-corrected chi connectivity index (χ4v) is 2.28. The van der Waals surface area contributed by atoms with Gasteiger partial charge in [0.15, 0.2) is 0 Å². The summed E-state index contributed by atoms with van der Waals surface area (Å²) in [4.78, 5) is 16.7. The fourth-order valence-electron chi connectivity index (χ4n) is 1.57. The highest BCUT2D eigenvalue weighted by molar-refractivity contribution is 8.00. The Morgan fingerprint density at radius 1 is 1.15 bits per heavy atom. The first-order valence-electron chi connectivity index (χ1n) is 6.08. The van der Waals surface area contributed by atoms with Gasteiger partial charge >= 0.3 is 0 Å². The van der Waals surface area contributed by atoms with E-state index in [-0.39, 0.29) is 5.91 Å². The Bertz CT molecular complexity index is 589. The lowest BCUT2D eigenvalue weighted by molar-refractivity contribution is -0.118. The number of nitrogens with zero attached hydrogens (tertiary/aromatic N) is 1. The highest BCUT2D eigenvalue weighted by Crippen LogP contribution is 2.17. The largest absolute Gasteiger partial charge is 0.397 e. The van der Waals surface area contributed by atoms with Gasteiger partial charge in [-0.25, -0.2) is 0 Å². The van der Waals surface area contributed by atoms with Gasteiger partial charge in [-0.05, 0) is 29.8 Å². The van der Waals surface area contributed by atoms with E-state index in [1.54, 1.807) is 24.5 Å². The molecule has 20 heavy (non-hydrogen) atoms. The van der Waals surface area contributed by atoms with E-state index in [9.17, 15) is 4.79 Å². The second-order valence-electron chi connectivity index (χ2n) is 4.21. The molecule has 0 aliphatic heterocycles. The van der Waals surface area contributed by atoms with Crippen molar-refractivity contribution in [3.05, 3.63) is 48.3 Å². The molecule has 0 aliphatic rings. The van der Waals surface area contributed by atoms with E-state index in [0.717, 1.165) is 10.5 Å². The van der Waals surface area contributed by atoms with Crippen molar-refractivity contribution in [2.75, 3.05) is 17.2 Å². The van der Waals surface area contributed by atoms with Crippen LogP contribution in [0.5, 0.6) is 0 Å². The van der Waals surface area contributed by atoms with Gasteiger partial charge < -0.3 is 16.8 Å². The molecular weight excluding hydrogens is 272 g/mol. The van der Waals surface area contributed by atoms with Crippen LogP contribution in [0.15, 0.2) is 47.6 Å². The van der Waals surface area contributed by atoms with Crippen LogP contribution in [0.25, 0.3) is 0 Å². The van der Waals surface area contributed by atoms with E-state index in [1.165, 1.54) is 11.8 Å². The highest BCUT2D eigenvalue weighted by Gasteiger charge is 2.03. The van der Waals surface area contributed by atoms with Crippen molar-refractivity contribution < 1.29 is 4.79 Å². The third kappa shape index (κ3) is 4.17. The Morgan fingerprint density at radius 2 is 1.90 bits per heavy atom. The predicted molar refractivity (Wildman–Crippen MR) is 82.1 cm³/mol. The Labute approximate surface area is 121 Å². The molecule has 0 atom stereocenters. The molecule has 1 heterocycles. The van der Waals surface area contributed by atoms with Gasteiger partial charge in [0.2, 0.25) is 5.91 Å². The first kappa shape index (κ1) is 14.2. The van der Waals surface area contributed by atoms with Crippen LogP contribution >= 0.6 is 11.8 Å². The molecular formula is C14H16N4OS. The quantitative estimate of drug-likeness (QED) is 0.574. The second-order valence-corrected chi connectivity index (χ2v) is 5.26. The first-order valence-corrected chi connectivity index (χ1v) is 7.07. The van der Waals surface area contributed by atoms with Crippen LogP contribution in [0.2, 0.25) is 0 Å². The van der Waals surface area contributed by atoms with Gasteiger partial charge in [-0.1, -0.05) is 6.07 Å². The number of carbonyl (C=O) groups excluding carboxylic acids is 1. The zero-order valence-corrected chi connectivity index (χ0v) is 11.7. The van der Waals surface area contributed by atoms with Crippen molar-refractivity contribution >= 4 is 29.0 Å². The van der Waals surface area contributed by atoms with E-state index in [4.69, 9.17) is 11.5 Å². The maximum Gasteiger partial charge on any atom is 0.230 e. The molecule has 5 nitrogen and oxygen atoms in total. The Hall–Kier alpha value is -2.21. The van der Waals surface area contributed by atoms with Crippen LogP contribution in [-0.2, 0) is 11.3 Å². The molecule has 6 heteroatoms. The predicted octanol–water partition coefficient (Wildman–Crippen LogP) is 1.65. The number of nitrogens with two attached hydrogens (primary N) is 2. The number of carbonyl (C=O) groups is 1. The number of nitrogen functional groups attached to an aromatic ring is 2. The van der Waals surface area contributed by atoms with Gasteiger partial charge in [-0.2, -0.15) is 0 Å². The second kappa shape index (κ2) is 6.81. The SMILES string of the molecule is Nc1ccc(CNC(=O)CSc2ccncc2)cc1N. The van der Waals surface area contributed by atoms with E-state index < -0.39 is 0 Å². The molecule has 0 spiro atoms. The highest BCUT2D eigenvalue weighted by atomic mass is 32.2. The molecule has 0 saturated heterocycles. The van der Waals surface area contributed by atoms with Crippen LogP contribution in [0.1, 0.15) is 5.56 Å². The summed E-state index contributed by atoms with van der Waals surface area (Å²) in [6.45, 7) is 0.445. The summed E-state index contributed by atoms with van der Waals surface area (Å²) >= 11 is 1.47. The van der Waals surface area contributed by atoms with E-state index >= 15 is 0 Å². The molecule has 104 valence electrons. The lowest BCUT2D eigenvalue weighted by Crippen LogP contribution is -2.24. The minimum absolute atomic E-state index is 0.0257. The Morgan fingerprint density at radius 3 is 2.60 bits per heavy atom. The van der Waals surface area contributed by atoms with Crippen molar-refractivity contribution in [2.45, 2.75) is 11.4 Å². The number of nitrogens with one attached hydrogen (secondary N) is 1. The lowest BCUT2D eigenvalue weighted by Gasteiger charge is -2.07. The maximum atomic E-state index is 11.7. The van der Waals surface area contributed by atoms with Crippen molar-refractivity contribution in [3.63, 3.8) is 0 Å². The van der Waals surface area contributed by atoms with Crippen LogP contribution < -0.4 is 16.8 Å². The van der Waals surface area contributed by atoms with E-state index in [1.807, 2.05) is 18.2 Å². The van der Waals surface area contributed by atoms with Crippen LogP contribution in [0.3, 0.4) is 0 Å². The first-order chi connectivity index (χ1) is 9.65. The molecule has 2 rings (SSSR count). The minimum Gasteiger partial charge on any atom is -0.397 e. The Balaban J connectivity index is 1.79. The van der Waals surface area contributed by atoms with Crippen molar-refractivity contribution in [1.29, 1.82) is 0 Å². The summed E-state index contributed by atoms with van der Waals surface area (Å²) in [7, 11) is 0. The van der Waals surface area contributed by atoms with E-state index in [2.05, 4.69) is 10.3 Å². The van der Waals surface area contributed by atoms with Gasteiger partial charge in [0.05, 0.1) is 17.1 Å². The third-order valence-corrected chi connectivity index (χ3v) is 3.67. The molecule has 1 aromatic heterocycles. The minimum atomic E-state index is -0.0257. The molecule has 1 amide bonds. The van der Waals surface area contributed by atoms with E-state index in [0.29, 0.717) is 23.7 Å². The van der Waals surface area contributed by atoms with Crippen molar-refractivity contribution in [3.8, 4) is 0 Å². The zero-order chi connectivity index (χ0) is 14.4. The summed E-state index contributed by atoms with van der Waals surface area (Å²) in [6, 6.07) is 9.10. The maximum absolute atomic E-state index is 11.7. The number of hydrogen-bond acceptors (Lipinski definition) is 5. The third-order valence-electron chi connectivity index (χ3n) is 2.66. The average molecular weight is 288 g/mol. The smallest absolute Gasteiger partial charge is 0.230 e. The number of amides is 1. The van der Waals surface area contributed by atoms with Gasteiger partial charge in [-0.3, -0.25) is 9.78 Å². The molecule has 2 aromatic rings. The van der Waals surface area contributed by atoms with Gasteiger partial charge in [0.25, 0.3) is 0 Å². The summed E-state index contributed by atoms with van der Waals surface area (Å²) in [5.74, 6) is 0.344. The molecule has 0 saturated carbocycles. The number of benzene rings is 1. The number of thioether (sulfide) groups is 1. The summed E-state index contributed by atoms with van der Waals surface area (Å²) in [5, 5.41) is 2.84.